The van der Waals surface area contributed by atoms with Gasteiger partial charge >= 0.3 is 0 Å². The molecule has 7 nitrogen and oxygen atoms in total. The van der Waals surface area contributed by atoms with Crippen LogP contribution in [0, 0.1) is 0 Å². The Morgan fingerprint density at radius 1 is 1.03 bits per heavy atom. The molecule has 2 aromatic heterocycles. The summed E-state index contributed by atoms with van der Waals surface area (Å²) in [7, 11) is -1.53. The average molecular weight is 415 g/mol. The molecular weight excluding hydrogens is 388 g/mol. The zero-order valence-electron chi connectivity index (χ0n) is 16.6. The Hall–Kier alpha value is -2.42. The molecule has 3 aromatic rings. The molecule has 0 N–H and O–H groups in total. The molecule has 154 valence electrons. The predicted molar refractivity (Wildman–Crippen MR) is 110 cm³/mol. The summed E-state index contributed by atoms with van der Waals surface area (Å²) in [6.07, 6.45) is 5.72. The summed E-state index contributed by atoms with van der Waals surface area (Å²) in [4.78, 5) is 2.08. The molecule has 29 heavy (non-hydrogen) atoms. The molecule has 8 heteroatoms. The molecule has 1 aromatic carbocycles. The fourth-order valence-corrected chi connectivity index (χ4v) is 5.06. The van der Waals surface area contributed by atoms with Gasteiger partial charge in [0.2, 0.25) is 5.09 Å². The van der Waals surface area contributed by atoms with Crippen molar-refractivity contribution in [3.63, 3.8) is 0 Å². The number of hydrogen-bond donors (Lipinski definition) is 0. The van der Waals surface area contributed by atoms with E-state index in [-0.39, 0.29) is 5.09 Å². The van der Waals surface area contributed by atoms with Gasteiger partial charge in [-0.1, -0.05) is 30.3 Å². The van der Waals surface area contributed by atoms with Crippen LogP contribution < -0.4 is 0 Å². The van der Waals surface area contributed by atoms with Crippen LogP contribution in [0.3, 0.4) is 0 Å². The van der Waals surface area contributed by atoms with Crippen molar-refractivity contribution in [2.75, 3.05) is 20.1 Å². The molecule has 3 heterocycles. The Balaban J connectivity index is 1.34. The first-order valence-electron chi connectivity index (χ1n) is 9.83. The van der Waals surface area contributed by atoms with Crippen LogP contribution in [0.5, 0.6) is 0 Å². The highest BCUT2D eigenvalue weighted by atomic mass is 32.2. The van der Waals surface area contributed by atoms with Crippen molar-refractivity contribution in [1.29, 1.82) is 0 Å². The molecule has 1 aliphatic heterocycles. The Labute approximate surface area is 171 Å². The number of furan rings is 1. The molecule has 0 unspecified atom stereocenters. The van der Waals surface area contributed by atoms with Crippen molar-refractivity contribution >= 4 is 10.0 Å². The smallest absolute Gasteiger partial charge is 0.276 e. The SMILES string of the molecule is CN(Cc1cnn(Cc2ccccc2)c1)Cc1ccc(S(=O)(=O)N2CCCC2)o1. The van der Waals surface area contributed by atoms with E-state index < -0.39 is 10.0 Å². The van der Waals surface area contributed by atoms with Crippen LogP contribution in [0.15, 0.2) is 64.4 Å². The van der Waals surface area contributed by atoms with Crippen molar-refractivity contribution in [1.82, 2.24) is 19.0 Å². The van der Waals surface area contributed by atoms with E-state index in [0.29, 0.717) is 31.9 Å². The third kappa shape index (κ3) is 4.77. The van der Waals surface area contributed by atoms with Crippen LogP contribution in [-0.2, 0) is 29.7 Å². The van der Waals surface area contributed by atoms with Crippen molar-refractivity contribution in [2.24, 2.45) is 0 Å². The lowest BCUT2D eigenvalue weighted by Crippen LogP contribution is -2.27. The highest BCUT2D eigenvalue weighted by molar-refractivity contribution is 7.89. The lowest BCUT2D eigenvalue weighted by Gasteiger charge is -2.14. The van der Waals surface area contributed by atoms with Crippen LogP contribution in [-0.4, -0.2) is 47.5 Å². The maximum atomic E-state index is 12.6. The van der Waals surface area contributed by atoms with E-state index in [2.05, 4.69) is 22.1 Å². The second-order valence-corrected chi connectivity index (χ2v) is 9.40. The number of benzene rings is 1. The molecule has 1 saturated heterocycles. The third-order valence-corrected chi connectivity index (χ3v) is 6.82. The van der Waals surface area contributed by atoms with Gasteiger partial charge in [-0.3, -0.25) is 9.58 Å². The lowest BCUT2D eigenvalue weighted by atomic mass is 10.2. The minimum Gasteiger partial charge on any atom is -0.447 e. The first-order chi connectivity index (χ1) is 14.0. The Kier molecular flexibility index (Phi) is 5.84. The van der Waals surface area contributed by atoms with Crippen molar-refractivity contribution in [3.05, 3.63) is 71.7 Å². The highest BCUT2D eigenvalue weighted by Crippen LogP contribution is 2.23. The van der Waals surface area contributed by atoms with Gasteiger partial charge in [-0.05, 0) is 37.6 Å². The minimum atomic E-state index is -3.50. The van der Waals surface area contributed by atoms with Gasteiger partial charge in [0, 0.05) is 31.4 Å². The molecular formula is C21H26N4O3S. The van der Waals surface area contributed by atoms with Gasteiger partial charge in [0.1, 0.15) is 5.76 Å². The number of sulfonamides is 1. The summed E-state index contributed by atoms with van der Waals surface area (Å²) in [5.41, 5.74) is 2.30. The van der Waals surface area contributed by atoms with E-state index in [0.717, 1.165) is 24.9 Å². The quantitative estimate of drug-likeness (QED) is 0.567. The van der Waals surface area contributed by atoms with Crippen LogP contribution in [0.1, 0.15) is 29.7 Å². The van der Waals surface area contributed by atoms with E-state index in [1.807, 2.05) is 42.3 Å². The van der Waals surface area contributed by atoms with E-state index >= 15 is 0 Å². The molecule has 0 spiro atoms. The van der Waals surface area contributed by atoms with Gasteiger partial charge in [-0.25, -0.2) is 8.42 Å². The predicted octanol–water partition coefficient (Wildman–Crippen LogP) is 2.94. The van der Waals surface area contributed by atoms with E-state index in [1.165, 1.54) is 9.87 Å². The molecule has 0 amide bonds. The Bertz CT molecular complexity index is 1040. The molecule has 0 radical (unpaired) electrons. The number of hydrogen-bond acceptors (Lipinski definition) is 5. The fourth-order valence-electron chi connectivity index (χ4n) is 3.62. The third-order valence-electron chi connectivity index (χ3n) is 5.05. The molecule has 1 fully saturated rings. The molecule has 0 aliphatic carbocycles. The van der Waals surface area contributed by atoms with Gasteiger partial charge in [0.25, 0.3) is 10.0 Å². The zero-order valence-corrected chi connectivity index (χ0v) is 17.4. The second-order valence-electron chi connectivity index (χ2n) is 7.54. The van der Waals surface area contributed by atoms with Crippen LogP contribution in [0.25, 0.3) is 0 Å². The molecule has 0 bridgehead atoms. The molecule has 4 rings (SSSR count). The maximum Gasteiger partial charge on any atom is 0.276 e. The number of aromatic nitrogens is 2. The Morgan fingerprint density at radius 2 is 1.79 bits per heavy atom. The van der Waals surface area contributed by atoms with Crippen LogP contribution in [0.4, 0.5) is 0 Å². The first kappa shape index (κ1) is 19.9. The van der Waals surface area contributed by atoms with E-state index in [4.69, 9.17) is 4.42 Å². The summed E-state index contributed by atoms with van der Waals surface area (Å²) in [5, 5.41) is 4.47. The summed E-state index contributed by atoms with van der Waals surface area (Å²) in [6.45, 7) is 3.11. The van der Waals surface area contributed by atoms with E-state index in [1.54, 1.807) is 12.1 Å². The summed E-state index contributed by atoms with van der Waals surface area (Å²) in [5.74, 6) is 0.641. The fraction of sp³-hybridized carbons (Fsp3) is 0.381. The summed E-state index contributed by atoms with van der Waals surface area (Å²) >= 11 is 0. The lowest BCUT2D eigenvalue weighted by molar-refractivity contribution is 0.273. The standard InChI is InChI=1S/C21H26N4O3S/c1-23(14-19-13-22-24(16-19)15-18-7-3-2-4-8-18)17-20-9-10-21(28-20)29(26,27)25-11-5-6-12-25/h2-4,7-10,13,16H,5-6,11-12,14-15,17H2,1H3. The van der Waals surface area contributed by atoms with Crippen molar-refractivity contribution in [2.45, 2.75) is 37.6 Å². The monoisotopic (exact) mass is 414 g/mol. The highest BCUT2D eigenvalue weighted by Gasteiger charge is 2.30. The van der Waals surface area contributed by atoms with Gasteiger partial charge in [0.15, 0.2) is 0 Å². The van der Waals surface area contributed by atoms with Crippen LogP contribution in [0.2, 0.25) is 0 Å². The maximum absolute atomic E-state index is 12.6. The summed E-state index contributed by atoms with van der Waals surface area (Å²) < 4.78 is 34.3. The zero-order chi connectivity index (χ0) is 20.3. The number of rotatable bonds is 8. The first-order valence-corrected chi connectivity index (χ1v) is 11.3. The summed E-state index contributed by atoms with van der Waals surface area (Å²) in [6, 6.07) is 13.5. The van der Waals surface area contributed by atoms with Crippen molar-refractivity contribution < 1.29 is 12.8 Å². The molecule has 1 aliphatic rings. The minimum absolute atomic E-state index is 0.0403. The van der Waals surface area contributed by atoms with Gasteiger partial charge < -0.3 is 4.42 Å². The average Bonchev–Trinajstić information content (AvgIpc) is 3.45. The van der Waals surface area contributed by atoms with Gasteiger partial charge in [-0.2, -0.15) is 9.40 Å². The second kappa shape index (κ2) is 8.52. The normalized spacial score (nSPS) is 15.4. The largest absolute Gasteiger partial charge is 0.447 e. The van der Waals surface area contributed by atoms with E-state index in [9.17, 15) is 8.42 Å². The topological polar surface area (TPSA) is 71.6 Å². The Morgan fingerprint density at radius 3 is 2.55 bits per heavy atom. The van der Waals surface area contributed by atoms with Gasteiger partial charge in [-0.15, -0.1) is 0 Å². The van der Waals surface area contributed by atoms with Gasteiger partial charge in [0.05, 0.1) is 19.3 Å². The molecule has 0 saturated carbocycles. The van der Waals surface area contributed by atoms with Crippen molar-refractivity contribution in [3.8, 4) is 0 Å². The molecule has 0 atom stereocenters. The van der Waals surface area contributed by atoms with Crippen LogP contribution >= 0.6 is 0 Å². The number of nitrogens with zero attached hydrogens (tertiary/aromatic N) is 4.